The molecule has 0 amide bonds. The molecule has 0 unspecified atom stereocenters. The fourth-order valence-corrected chi connectivity index (χ4v) is 1.48. The van der Waals surface area contributed by atoms with Crippen molar-refractivity contribution in [2.24, 2.45) is 0 Å². The van der Waals surface area contributed by atoms with Gasteiger partial charge in [-0.15, -0.1) is 0 Å². The van der Waals surface area contributed by atoms with E-state index >= 15 is 0 Å². The zero-order valence-electron chi connectivity index (χ0n) is 9.26. The predicted octanol–water partition coefficient (Wildman–Crippen LogP) is 2.02. The van der Waals surface area contributed by atoms with Crippen molar-refractivity contribution in [3.63, 3.8) is 0 Å². The zero-order chi connectivity index (χ0) is 10.4. The number of nitrogens with one attached hydrogen (secondary N) is 1. The molecule has 0 saturated heterocycles. The van der Waals surface area contributed by atoms with E-state index in [1.165, 1.54) is 11.1 Å². The SMILES string of the molecule is CCc1ccc(CCNC)c(OC)c1. The van der Waals surface area contributed by atoms with Gasteiger partial charge in [0.2, 0.25) is 0 Å². The monoisotopic (exact) mass is 193 g/mol. The van der Waals surface area contributed by atoms with Crippen molar-refractivity contribution < 1.29 is 4.74 Å². The highest BCUT2D eigenvalue weighted by molar-refractivity contribution is 5.37. The molecule has 0 atom stereocenters. The quantitative estimate of drug-likeness (QED) is 0.772. The summed E-state index contributed by atoms with van der Waals surface area (Å²) in [6.45, 7) is 3.14. The third-order valence-electron chi connectivity index (χ3n) is 2.40. The van der Waals surface area contributed by atoms with Gasteiger partial charge in [0, 0.05) is 0 Å². The van der Waals surface area contributed by atoms with Crippen molar-refractivity contribution in [3.05, 3.63) is 29.3 Å². The summed E-state index contributed by atoms with van der Waals surface area (Å²) in [5.41, 5.74) is 2.61. The van der Waals surface area contributed by atoms with E-state index in [2.05, 4.69) is 30.4 Å². The Morgan fingerprint density at radius 3 is 2.71 bits per heavy atom. The molecule has 0 saturated carbocycles. The zero-order valence-corrected chi connectivity index (χ0v) is 9.26. The van der Waals surface area contributed by atoms with Crippen LogP contribution in [0.1, 0.15) is 18.1 Å². The van der Waals surface area contributed by atoms with Gasteiger partial charge in [0.25, 0.3) is 0 Å². The summed E-state index contributed by atoms with van der Waals surface area (Å²) in [4.78, 5) is 0. The Balaban J connectivity index is 2.82. The van der Waals surface area contributed by atoms with E-state index in [1.54, 1.807) is 7.11 Å². The van der Waals surface area contributed by atoms with Crippen molar-refractivity contribution in [2.45, 2.75) is 19.8 Å². The molecule has 2 heteroatoms. The van der Waals surface area contributed by atoms with Gasteiger partial charge in [-0.05, 0) is 43.6 Å². The van der Waals surface area contributed by atoms with Gasteiger partial charge in [-0.3, -0.25) is 0 Å². The van der Waals surface area contributed by atoms with Crippen LogP contribution in [0.5, 0.6) is 5.75 Å². The number of ether oxygens (including phenoxy) is 1. The Labute approximate surface area is 86.3 Å². The number of hydrogen-bond donors (Lipinski definition) is 1. The van der Waals surface area contributed by atoms with Crippen molar-refractivity contribution in [3.8, 4) is 5.75 Å². The largest absolute Gasteiger partial charge is 0.496 e. The highest BCUT2D eigenvalue weighted by atomic mass is 16.5. The van der Waals surface area contributed by atoms with E-state index in [-0.39, 0.29) is 0 Å². The molecule has 1 aromatic rings. The van der Waals surface area contributed by atoms with Crippen LogP contribution in [0.25, 0.3) is 0 Å². The Hall–Kier alpha value is -1.02. The third kappa shape index (κ3) is 2.74. The molecule has 0 aliphatic heterocycles. The predicted molar refractivity (Wildman–Crippen MR) is 60.0 cm³/mol. The summed E-state index contributed by atoms with van der Waals surface area (Å²) < 4.78 is 5.36. The summed E-state index contributed by atoms with van der Waals surface area (Å²) in [7, 11) is 3.70. The van der Waals surface area contributed by atoms with E-state index < -0.39 is 0 Å². The van der Waals surface area contributed by atoms with Crippen LogP contribution in [0.15, 0.2) is 18.2 Å². The lowest BCUT2D eigenvalue weighted by molar-refractivity contribution is 0.409. The fourth-order valence-electron chi connectivity index (χ4n) is 1.48. The van der Waals surface area contributed by atoms with Gasteiger partial charge in [0.1, 0.15) is 5.75 Å². The second-order valence-electron chi connectivity index (χ2n) is 3.35. The Morgan fingerprint density at radius 2 is 2.14 bits per heavy atom. The van der Waals surface area contributed by atoms with Gasteiger partial charge >= 0.3 is 0 Å². The first-order valence-electron chi connectivity index (χ1n) is 5.12. The molecule has 78 valence electrons. The van der Waals surface area contributed by atoms with Gasteiger partial charge in [-0.25, -0.2) is 0 Å². The Kier molecular flexibility index (Phi) is 4.47. The molecule has 0 fully saturated rings. The first-order chi connectivity index (χ1) is 6.81. The van der Waals surface area contributed by atoms with E-state index in [4.69, 9.17) is 4.74 Å². The summed E-state index contributed by atoms with van der Waals surface area (Å²) in [6.07, 6.45) is 2.08. The van der Waals surface area contributed by atoms with E-state index in [9.17, 15) is 0 Å². The lowest BCUT2D eigenvalue weighted by Gasteiger charge is -2.09. The Bertz CT molecular complexity index is 284. The number of likely N-dealkylation sites (N-methyl/N-ethyl adjacent to an activating group) is 1. The van der Waals surface area contributed by atoms with Crippen LogP contribution in [0, 0.1) is 0 Å². The van der Waals surface area contributed by atoms with Crippen molar-refractivity contribution >= 4 is 0 Å². The highest BCUT2D eigenvalue weighted by Gasteiger charge is 2.02. The average Bonchev–Trinajstić information content (AvgIpc) is 2.26. The van der Waals surface area contributed by atoms with E-state index in [0.29, 0.717) is 0 Å². The van der Waals surface area contributed by atoms with Crippen LogP contribution in [0.4, 0.5) is 0 Å². The molecule has 1 rings (SSSR count). The summed E-state index contributed by atoms with van der Waals surface area (Å²) in [5, 5.41) is 3.14. The number of hydrogen-bond acceptors (Lipinski definition) is 2. The maximum atomic E-state index is 5.36. The first-order valence-corrected chi connectivity index (χ1v) is 5.12. The van der Waals surface area contributed by atoms with Gasteiger partial charge < -0.3 is 10.1 Å². The normalized spacial score (nSPS) is 10.2. The molecule has 1 aromatic carbocycles. The van der Waals surface area contributed by atoms with Crippen LogP contribution in [0.2, 0.25) is 0 Å². The second-order valence-corrected chi connectivity index (χ2v) is 3.35. The molecular weight excluding hydrogens is 174 g/mol. The smallest absolute Gasteiger partial charge is 0.122 e. The molecule has 0 aromatic heterocycles. The second kappa shape index (κ2) is 5.66. The van der Waals surface area contributed by atoms with Gasteiger partial charge in [-0.2, -0.15) is 0 Å². The maximum Gasteiger partial charge on any atom is 0.122 e. The molecule has 2 nitrogen and oxygen atoms in total. The van der Waals surface area contributed by atoms with Gasteiger partial charge in [0.05, 0.1) is 7.11 Å². The number of benzene rings is 1. The summed E-state index contributed by atoms with van der Waals surface area (Å²) >= 11 is 0. The minimum Gasteiger partial charge on any atom is -0.496 e. The van der Waals surface area contributed by atoms with Crippen molar-refractivity contribution in [1.29, 1.82) is 0 Å². The van der Waals surface area contributed by atoms with Crippen LogP contribution in [-0.4, -0.2) is 20.7 Å². The lowest BCUT2D eigenvalue weighted by Crippen LogP contribution is -2.11. The highest BCUT2D eigenvalue weighted by Crippen LogP contribution is 2.20. The number of methoxy groups -OCH3 is 1. The van der Waals surface area contributed by atoms with Crippen LogP contribution < -0.4 is 10.1 Å². The Morgan fingerprint density at radius 1 is 1.36 bits per heavy atom. The molecule has 14 heavy (non-hydrogen) atoms. The molecular formula is C12H19NO. The summed E-state index contributed by atoms with van der Waals surface area (Å²) in [5.74, 6) is 1.01. The van der Waals surface area contributed by atoms with Gasteiger partial charge in [-0.1, -0.05) is 19.1 Å². The first kappa shape index (κ1) is 11.1. The molecule has 0 spiro atoms. The average molecular weight is 193 g/mol. The minimum atomic E-state index is 0.988. The van der Waals surface area contributed by atoms with Crippen LogP contribution >= 0.6 is 0 Å². The van der Waals surface area contributed by atoms with Gasteiger partial charge in [0.15, 0.2) is 0 Å². The topological polar surface area (TPSA) is 21.3 Å². The van der Waals surface area contributed by atoms with E-state index in [0.717, 1.165) is 25.1 Å². The lowest BCUT2D eigenvalue weighted by atomic mass is 10.1. The molecule has 0 radical (unpaired) electrons. The standard InChI is InChI=1S/C12H19NO/c1-4-10-5-6-11(7-8-13-2)12(9-10)14-3/h5-6,9,13H,4,7-8H2,1-3H3. The van der Waals surface area contributed by atoms with Crippen molar-refractivity contribution in [1.82, 2.24) is 5.32 Å². The molecule has 0 aliphatic rings. The van der Waals surface area contributed by atoms with E-state index in [1.807, 2.05) is 7.05 Å². The third-order valence-corrected chi connectivity index (χ3v) is 2.40. The number of aryl methyl sites for hydroxylation is 1. The number of rotatable bonds is 5. The fraction of sp³-hybridized carbons (Fsp3) is 0.500. The molecule has 0 bridgehead atoms. The van der Waals surface area contributed by atoms with Crippen LogP contribution in [0.3, 0.4) is 0 Å². The van der Waals surface area contributed by atoms with Crippen LogP contribution in [-0.2, 0) is 12.8 Å². The summed E-state index contributed by atoms with van der Waals surface area (Å²) in [6, 6.07) is 6.47. The molecule has 1 N–H and O–H groups in total. The molecule has 0 heterocycles. The van der Waals surface area contributed by atoms with Crippen molar-refractivity contribution in [2.75, 3.05) is 20.7 Å². The minimum absolute atomic E-state index is 0.988. The molecule has 0 aliphatic carbocycles. The maximum absolute atomic E-state index is 5.36.